The molecule has 6 nitrogen and oxygen atoms in total. The van der Waals surface area contributed by atoms with Crippen LogP contribution in [-0.4, -0.2) is 66.6 Å². The first kappa shape index (κ1) is 17.0. The average molecular weight is 325 g/mol. The number of hydrogen-bond acceptors (Lipinski definition) is 4. The Morgan fingerprint density at radius 2 is 2.00 bits per heavy atom. The Hall–Kier alpha value is -0.850. The number of urea groups is 1. The van der Waals surface area contributed by atoms with Crippen LogP contribution in [0.1, 0.15) is 51.4 Å². The molecule has 2 saturated heterocycles. The zero-order valence-corrected chi connectivity index (χ0v) is 14.1. The maximum Gasteiger partial charge on any atom is 0.314 e. The molecule has 0 aromatic heterocycles. The summed E-state index contributed by atoms with van der Waals surface area (Å²) in [6.07, 6.45) is 9.71. The SMILES string of the molecule is O=C(NC[C@H]1CCCN1C1CCCCC1)NC[C@]1(O)CCOC1. The molecule has 132 valence electrons. The summed E-state index contributed by atoms with van der Waals surface area (Å²) in [5, 5.41) is 15.9. The Kier molecular flexibility index (Phi) is 5.77. The Balaban J connectivity index is 1.39. The van der Waals surface area contributed by atoms with E-state index in [9.17, 15) is 9.90 Å². The van der Waals surface area contributed by atoms with Crippen LogP contribution < -0.4 is 10.6 Å². The first-order chi connectivity index (χ1) is 11.2. The number of nitrogens with zero attached hydrogens (tertiary/aromatic N) is 1. The number of amides is 2. The molecule has 0 spiro atoms. The average Bonchev–Trinajstić information content (AvgIpc) is 3.21. The number of ether oxygens (including phenoxy) is 1. The molecule has 3 aliphatic rings. The topological polar surface area (TPSA) is 73.8 Å². The van der Waals surface area contributed by atoms with Gasteiger partial charge in [-0.2, -0.15) is 0 Å². The maximum absolute atomic E-state index is 12.0. The summed E-state index contributed by atoms with van der Waals surface area (Å²) in [6.45, 7) is 3.02. The van der Waals surface area contributed by atoms with E-state index in [1.165, 1.54) is 51.5 Å². The highest BCUT2D eigenvalue weighted by atomic mass is 16.5. The summed E-state index contributed by atoms with van der Waals surface area (Å²) < 4.78 is 5.19. The van der Waals surface area contributed by atoms with E-state index in [4.69, 9.17) is 4.74 Å². The molecule has 3 N–H and O–H groups in total. The van der Waals surface area contributed by atoms with E-state index in [0.717, 1.165) is 6.04 Å². The molecule has 3 fully saturated rings. The van der Waals surface area contributed by atoms with E-state index < -0.39 is 5.60 Å². The van der Waals surface area contributed by atoms with Gasteiger partial charge in [-0.05, 0) is 32.2 Å². The fourth-order valence-electron chi connectivity index (χ4n) is 4.22. The second kappa shape index (κ2) is 7.81. The van der Waals surface area contributed by atoms with Crippen molar-refractivity contribution in [1.82, 2.24) is 15.5 Å². The molecule has 0 bridgehead atoms. The molecule has 6 heteroatoms. The van der Waals surface area contributed by atoms with Crippen molar-refractivity contribution in [2.24, 2.45) is 0 Å². The number of nitrogens with one attached hydrogen (secondary N) is 2. The normalized spacial score (nSPS) is 33.0. The van der Waals surface area contributed by atoms with E-state index in [0.29, 0.717) is 32.2 Å². The highest BCUT2D eigenvalue weighted by molar-refractivity contribution is 5.73. The van der Waals surface area contributed by atoms with Crippen molar-refractivity contribution < 1.29 is 14.6 Å². The van der Waals surface area contributed by atoms with Crippen LogP contribution in [0.4, 0.5) is 4.79 Å². The lowest BCUT2D eigenvalue weighted by Crippen LogP contribution is -2.50. The van der Waals surface area contributed by atoms with Crippen LogP contribution in [-0.2, 0) is 4.74 Å². The smallest absolute Gasteiger partial charge is 0.314 e. The number of carbonyl (C=O) groups excluding carboxylic acids is 1. The number of aliphatic hydroxyl groups is 1. The van der Waals surface area contributed by atoms with Gasteiger partial charge in [-0.3, -0.25) is 4.90 Å². The first-order valence-corrected chi connectivity index (χ1v) is 9.24. The lowest BCUT2D eigenvalue weighted by atomic mass is 9.94. The van der Waals surface area contributed by atoms with Gasteiger partial charge in [-0.1, -0.05) is 19.3 Å². The Bertz CT molecular complexity index is 393. The molecular weight excluding hydrogens is 294 g/mol. The molecule has 1 saturated carbocycles. The second-order valence-corrected chi connectivity index (χ2v) is 7.42. The highest BCUT2D eigenvalue weighted by Gasteiger charge is 2.33. The molecular formula is C17H31N3O3. The molecule has 0 radical (unpaired) electrons. The molecule has 0 aromatic rings. The highest BCUT2D eigenvalue weighted by Crippen LogP contribution is 2.28. The van der Waals surface area contributed by atoms with Crippen LogP contribution in [0.25, 0.3) is 0 Å². The Morgan fingerprint density at radius 1 is 1.17 bits per heavy atom. The monoisotopic (exact) mass is 325 g/mol. The summed E-state index contributed by atoms with van der Waals surface area (Å²) in [6, 6.07) is 1.01. The summed E-state index contributed by atoms with van der Waals surface area (Å²) in [7, 11) is 0. The Labute approximate surface area is 138 Å². The van der Waals surface area contributed by atoms with E-state index in [1.807, 2.05) is 0 Å². The third-order valence-corrected chi connectivity index (χ3v) is 5.63. The molecule has 0 unspecified atom stereocenters. The Morgan fingerprint density at radius 3 is 2.74 bits per heavy atom. The molecule has 0 aromatic carbocycles. The number of carbonyl (C=O) groups is 1. The maximum atomic E-state index is 12.0. The second-order valence-electron chi connectivity index (χ2n) is 7.42. The fourth-order valence-corrected chi connectivity index (χ4v) is 4.22. The van der Waals surface area contributed by atoms with Gasteiger partial charge >= 0.3 is 6.03 Å². The third-order valence-electron chi connectivity index (χ3n) is 5.63. The van der Waals surface area contributed by atoms with Crippen LogP contribution in [0.5, 0.6) is 0 Å². The third kappa shape index (κ3) is 4.58. The van der Waals surface area contributed by atoms with Gasteiger partial charge in [0.15, 0.2) is 0 Å². The largest absolute Gasteiger partial charge is 0.386 e. The number of rotatable bonds is 5. The lowest BCUT2D eigenvalue weighted by Gasteiger charge is -2.35. The summed E-state index contributed by atoms with van der Waals surface area (Å²) in [5.74, 6) is 0. The molecule has 2 atom stereocenters. The van der Waals surface area contributed by atoms with Gasteiger partial charge in [-0.25, -0.2) is 4.79 Å². The molecule has 3 rings (SSSR count). The van der Waals surface area contributed by atoms with Crippen molar-refractivity contribution in [1.29, 1.82) is 0 Å². The van der Waals surface area contributed by atoms with Gasteiger partial charge in [0.05, 0.1) is 13.2 Å². The summed E-state index contributed by atoms with van der Waals surface area (Å²) in [5.41, 5.74) is -0.890. The van der Waals surface area contributed by atoms with Crippen molar-refractivity contribution in [3.8, 4) is 0 Å². The van der Waals surface area contributed by atoms with Crippen LogP contribution in [0, 0.1) is 0 Å². The minimum absolute atomic E-state index is 0.180. The molecule has 2 amide bonds. The van der Waals surface area contributed by atoms with Crippen LogP contribution in [0.2, 0.25) is 0 Å². The predicted octanol–water partition coefficient (Wildman–Crippen LogP) is 1.23. The van der Waals surface area contributed by atoms with E-state index >= 15 is 0 Å². The van der Waals surface area contributed by atoms with Gasteiger partial charge in [0.25, 0.3) is 0 Å². The van der Waals surface area contributed by atoms with Crippen molar-refractivity contribution in [2.45, 2.75) is 69.1 Å². The van der Waals surface area contributed by atoms with Crippen molar-refractivity contribution in [2.75, 3.05) is 32.8 Å². The van der Waals surface area contributed by atoms with Gasteiger partial charge < -0.3 is 20.5 Å². The summed E-state index contributed by atoms with van der Waals surface area (Å²) >= 11 is 0. The van der Waals surface area contributed by atoms with Gasteiger partial charge in [0, 0.05) is 31.7 Å². The van der Waals surface area contributed by atoms with Crippen molar-refractivity contribution in [3.05, 3.63) is 0 Å². The zero-order chi connectivity index (χ0) is 16.1. The molecule has 1 aliphatic carbocycles. The van der Waals surface area contributed by atoms with Crippen LogP contribution in [0.3, 0.4) is 0 Å². The van der Waals surface area contributed by atoms with Gasteiger partial charge in [0.2, 0.25) is 0 Å². The zero-order valence-electron chi connectivity index (χ0n) is 14.1. The molecule has 2 heterocycles. The van der Waals surface area contributed by atoms with Crippen LogP contribution >= 0.6 is 0 Å². The molecule has 2 aliphatic heterocycles. The van der Waals surface area contributed by atoms with Crippen LogP contribution in [0.15, 0.2) is 0 Å². The first-order valence-electron chi connectivity index (χ1n) is 9.24. The minimum Gasteiger partial charge on any atom is -0.386 e. The lowest BCUT2D eigenvalue weighted by molar-refractivity contribution is 0.0291. The standard InChI is InChI=1S/C17H31N3O3/c21-16(19-12-17(22)8-10-23-13-17)18-11-15-7-4-9-20(15)14-5-2-1-3-6-14/h14-15,22H,1-13H2,(H2,18,19,21)/t15-,17-/m1/s1. The quantitative estimate of drug-likeness (QED) is 0.711. The minimum atomic E-state index is -0.890. The van der Waals surface area contributed by atoms with E-state index in [1.54, 1.807) is 0 Å². The predicted molar refractivity (Wildman–Crippen MR) is 88.4 cm³/mol. The van der Waals surface area contributed by atoms with Crippen molar-refractivity contribution >= 4 is 6.03 Å². The fraction of sp³-hybridized carbons (Fsp3) is 0.941. The summed E-state index contributed by atoms with van der Waals surface area (Å²) in [4.78, 5) is 14.6. The van der Waals surface area contributed by atoms with E-state index in [-0.39, 0.29) is 12.6 Å². The van der Waals surface area contributed by atoms with Crippen molar-refractivity contribution in [3.63, 3.8) is 0 Å². The molecule has 23 heavy (non-hydrogen) atoms. The van der Waals surface area contributed by atoms with E-state index in [2.05, 4.69) is 15.5 Å². The van der Waals surface area contributed by atoms with Gasteiger partial charge in [-0.15, -0.1) is 0 Å². The number of likely N-dealkylation sites (tertiary alicyclic amines) is 1. The van der Waals surface area contributed by atoms with Gasteiger partial charge in [0.1, 0.15) is 5.60 Å². The number of hydrogen-bond donors (Lipinski definition) is 3.